The highest BCUT2D eigenvalue weighted by Gasteiger charge is 2.25. The summed E-state index contributed by atoms with van der Waals surface area (Å²) in [6, 6.07) is 8.61. The first-order valence-corrected chi connectivity index (χ1v) is 9.25. The van der Waals surface area contributed by atoms with Crippen LogP contribution >= 0.6 is 0 Å². The molecule has 138 valence electrons. The lowest BCUT2D eigenvalue weighted by Crippen LogP contribution is -2.49. The van der Waals surface area contributed by atoms with Gasteiger partial charge in [0.15, 0.2) is 6.61 Å². The maximum absolute atomic E-state index is 10.8. The number of hydrogen-bond acceptors (Lipinski definition) is 5. The number of nitrogens with two attached hydrogens (primary N) is 1. The van der Waals surface area contributed by atoms with Crippen molar-refractivity contribution in [3.8, 4) is 5.75 Å². The summed E-state index contributed by atoms with van der Waals surface area (Å²) in [6.07, 6.45) is 3.88. The number of carbonyl (C=O) groups excluding carboxylic acids is 1. The third-order valence-corrected chi connectivity index (χ3v) is 5.01. The van der Waals surface area contributed by atoms with Crippen LogP contribution in [0.25, 0.3) is 0 Å². The Kier molecular flexibility index (Phi) is 6.67. The van der Waals surface area contributed by atoms with Gasteiger partial charge in [-0.05, 0) is 37.1 Å². The summed E-state index contributed by atoms with van der Waals surface area (Å²) in [7, 11) is 0. The van der Waals surface area contributed by atoms with E-state index in [-0.39, 0.29) is 6.61 Å². The highest BCUT2D eigenvalue weighted by molar-refractivity contribution is 5.75. The number of morpholine rings is 1. The van der Waals surface area contributed by atoms with Gasteiger partial charge in [-0.25, -0.2) is 0 Å². The average molecular weight is 347 g/mol. The highest BCUT2D eigenvalue weighted by atomic mass is 16.5. The molecule has 0 bridgehead atoms. The highest BCUT2D eigenvalue weighted by Crippen LogP contribution is 2.22. The van der Waals surface area contributed by atoms with E-state index in [0.717, 1.165) is 45.9 Å². The van der Waals surface area contributed by atoms with E-state index < -0.39 is 5.91 Å². The van der Waals surface area contributed by atoms with Crippen LogP contribution < -0.4 is 10.5 Å². The van der Waals surface area contributed by atoms with Gasteiger partial charge in [0, 0.05) is 32.2 Å². The number of amides is 1. The van der Waals surface area contributed by atoms with Crippen LogP contribution in [0.15, 0.2) is 24.3 Å². The number of ether oxygens (including phenoxy) is 2. The second-order valence-corrected chi connectivity index (χ2v) is 6.93. The first-order chi connectivity index (χ1) is 12.2. The van der Waals surface area contributed by atoms with Gasteiger partial charge in [-0.15, -0.1) is 0 Å². The lowest BCUT2D eigenvalue weighted by Gasteiger charge is -2.39. The van der Waals surface area contributed by atoms with Crippen LogP contribution in [0.3, 0.4) is 0 Å². The quantitative estimate of drug-likeness (QED) is 0.804. The van der Waals surface area contributed by atoms with Crippen LogP contribution in [0.2, 0.25) is 0 Å². The molecule has 3 rings (SSSR count). The van der Waals surface area contributed by atoms with Gasteiger partial charge in [0.25, 0.3) is 5.91 Å². The van der Waals surface area contributed by atoms with E-state index >= 15 is 0 Å². The first kappa shape index (κ1) is 18.2. The molecule has 2 saturated heterocycles. The molecule has 25 heavy (non-hydrogen) atoms. The molecule has 2 N–H and O–H groups in total. The van der Waals surface area contributed by atoms with Crippen molar-refractivity contribution in [1.29, 1.82) is 0 Å². The minimum Gasteiger partial charge on any atom is -0.484 e. The van der Waals surface area contributed by atoms with E-state index in [9.17, 15) is 4.79 Å². The van der Waals surface area contributed by atoms with Gasteiger partial charge in [-0.1, -0.05) is 18.6 Å². The van der Waals surface area contributed by atoms with Crippen molar-refractivity contribution < 1.29 is 14.3 Å². The van der Waals surface area contributed by atoms with Crippen molar-refractivity contribution in [2.75, 3.05) is 46.0 Å². The topological polar surface area (TPSA) is 68.0 Å². The number of likely N-dealkylation sites (tertiary alicyclic amines) is 1. The van der Waals surface area contributed by atoms with Gasteiger partial charge in [0.2, 0.25) is 0 Å². The van der Waals surface area contributed by atoms with Crippen LogP contribution in [0.4, 0.5) is 0 Å². The largest absolute Gasteiger partial charge is 0.484 e. The Morgan fingerprint density at radius 3 is 2.64 bits per heavy atom. The second kappa shape index (κ2) is 9.17. The molecular weight excluding hydrogens is 318 g/mol. The van der Waals surface area contributed by atoms with E-state index in [1.807, 2.05) is 12.1 Å². The molecule has 0 radical (unpaired) electrons. The van der Waals surface area contributed by atoms with Crippen LogP contribution in [-0.4, -0.2) is 67.7 Å². The Labute approximate surface area is 149 Å². The molecule has 1 unspecified atom stereocenters. The zero-order chi connectivity index (χ0) is 17.5. The number of nitrogens with zero attached hydrogens (tertiary/aromatic N) is 2. The van der Waals surface area contributed by atoms with Crippen LogP contribution in [0.1, 0.15) is 24.8 Å². The fourth-order valence-electron chi connectivity index (χ4n) is 3.64. The van der Waals surface area contributed by atoms with Crippen LogP contribution in [0.5, 0.6) is 5.75 Å². The molecule has 1 amide bonds. The zero-order valence-corrected chi connectivity index (χ0v) is 14.9. The SMILES string of the molecule is NC(=O)COc1ccc(CN2CCCCC2CN2CCOCC2)cc1. The number of piperidine rings is 1. The van der Waals surface area contributed by atoms with E-state index in [4.69, 9.17) is 15.2 Å². The predicted molar refractivity (Wildman–Crippen MR) is 96.4 cm³/mol. The Morgan fingerprint density at radius 1 is 1.16 bits per heavy atom. The summed E-state index contributed by atoms with van der Waals surface area (Å²) in [5.74, 6) is 0.231. The van der Waals surface area contributed by atoms with Crippen molar-refractivity contribution in [1.82, 2.24) is 9.80 Å². The molecule has 2 aliphatic rings. The van der Waals surface area contributed by atoms with E-state index in [0.29, 0.717) is 11.8 Å². The standard InChI is InChI=1S/C19H29N3O3/c20-19(23)15-25-18-6-4-16(5-7-18)13-22-8-2-1-3-17(22)14-21-9-11-24-12-10-21/h4-7,17H,1-3,8-15H2,(H2,20,23). The number of hydrogen-bond donors (Lipinski definition) is 1. The fourth-order valence-corrected chi connectivity index (χ4v) is 3.64. The Morgan fingerprint density at radius 2 is 1.92 bits per heavy atom. The van der Waals surface area contributed by atoms with Crippen molar-refractivity contribution in [3.63, 3.8) is 0 Å². The van der Waals surface area contributed by atoms with E-state index in [1.165, 1.54) is 24.8 Å². The molecule has 0 saturated carbocycles. The molecule has 0 aromatic heterocycles. The molecular formula is C19H29N3O3. The zero-order valence-electron chi connectivity index (χ0n) is 14.9. The molecule has 1 aromatic rings. The average Bonchev–Trinajstić information content (AvgIpc) is 2.63. The molecule has 2 fully saturated rings. The monoisotopic (exact) mass is 347 g/mol. The lowest BCUT2D eigenvalue weighted by atomic mass is 10.0. The summed E-state index contributed by atoms with van der Waals surface area (Å²) in [5.41, 5.74) is 6.38. The smallest absolute Gasteiger partial charge is 0.255 e. The molecule has 6 heteroatoms. The molecule has 1 aromatic carbocycles. The number of carbonyl (C=O) groups is 1. The molecule has 0 aliphatic carbocycles. The van der Waals surface area contributed by atoms with E-state index in [1.54, 1.807) is 0 Å². The minimum atomic E-state index is -0.455. The normalized spacial score (nSPS) is 22.6. The van der Waals surface area contributed by atoms with Crippen LogP contribution in [-0.2, 0) is 16.1 Å². The van der Waals surface area contributed by atoms with E-state index in [2.05, 4.69) is 21.9 Å². The Balaban J connectivity index is 1.54. The predicted octanol–water partition coefficient (Wildman–Crippen LogP) is 1.24. The molecule has 6 nitrogen and oxygen atoms in total. The third kappa shape index (κ3) is 5.70. The fraction of sp³-hybridized carbons (Fsp3) is 0.632. The van der Waals surface area contributed by atoms with Crippen LogP contribution in [0, 0.1) is 0 Å². The van der Waals surface area contributed by atoms with Gasteiger partial charge in [0.05, 0.1) is 13.2 Å². The van der Waals surface area contributed by atoms with Gasteiger partial charge in [0.1, 0.15) is 5.75 Å². The second-order valence-electron chi connectivity index (χ2n) is 6.93. The molecule has 0 spiro atoms. The van der Waals surface area contributed by atoms with Crippen molar-refractivity contribution >= 4 is 5.91 Å². The maximum atomic E-state index is 10.8. The maximum Gasteiger partial charge on any atom is 0.255 e. The Hall–Kier alpha value is -1.63. The van der Waals surface area contributed by atoms with Gasteiger partial charge >= 0.3 is 0 Å². The third-order valence-electron chi connectivity index (χ3n) is 5.01. The summed E-state index contributed by atoms with van der Waals surface area (Å²) in [5, 5.41) is 0. The summed E-state index contributed by atoms with van der Waals surface area (Å²) in [6.45, 7) is 7.02. The summed E-state index contributed by atoms with van der Waals surface area (Å²) < 4.78 is 10.8. The first-order valence-electron chi connectivity index (χ1n) is 9.25. The van der Waals surface area contributed by atoms with Gasteiger partial charge < -0.3 is 15.2 Å². The minimum absolute atomic E-state index is 0.0763. The number of rotatable bonds is 7. The molecule has 1 atom stereocenters. The lowest BCUT2D eigenvalue weighted by molar-refractivity contribution is -0.119. The number of primary amides is 1. The summed E-state index contributed by atoms with van der Waals surface area (Å²) >= 11 is 0. The van der Waals surface area contributed by atoms with Crippen molar-refractivity contribution in [2.45, 2.75) is 31.8 Å². The summed E-state index contributed by atoms with van der Waals surface area (Å²) in [4.78, 5) is 15.9. The Bertz CT molecular complexity index is 543. The molecule has 2 aliphatic heterocycles. The number of benzene rings is 1. The molecule has 2 heterocycles. The van der Waals surface area contributed by atoms with Gasteiger partial charge in [-0.2, -0.15) is 0 Å². The van der Waals surface area contributed by atoms with Crippen molar-refractivity contribution in [2.24, 2.45) is 5.73 Å². The van der Waals surface area contributed by atoms with Crippen molar-refractivity contribution in [3.05, 3.63) is 29.8 Å². The van der Waals surface area contributed by atoms with Gasteiger partial charge in [-0.3, -0.25) is 14.6 Å².